The summed E-state index contributed by atoms with van der Waals surface area (Å²) < 4.78 is 0. The molecule has 1 aromatic heterocycles. The molecule has 6 heteroatoms. The van der Waals surface area contributed by atoms with Gasteiger partial charge in [-0.05, 0) is 37.1 Å². The van der Waals surface area contributed by atoms with Gasteiger partial charge in [-0.15, -0.1) is 10.2 Å². The Balaban J connectivity index is 1.53. The third kappa shape index (κ3) is 2.91. The molecule has 126 valence electrons. The van der Waals surface area contributed by atoms with E-state index in [-0.39, 0.29) is 18.5 Å². The zero-order chi connectivity index (χ0) is 17.4. The number of para-hydroxylation sites is 1. The molecular formula is C19H19N5O. The Morgan fingerprint density at radius 3 is 2.72 bits per heavy atom. The smallest absolute Gasteiger partial charge is 0.250 e. The van der Waals surface area contributed by atoms with Gasteiger partial charge in [-0.2, -0.15) is 4.80 Å². The first kappa shape index (κ1) is 15.5. The second-order valence-electron chi connectivity index (χ2n) is 6.46. The van der Waals surface area contributed by atoms with E-state index in [4.69, 9.17) is 0 Å². The summed E-state index contributed by atoms with van der Waals surface area (Å²) in [5.74, 6) is 0.507. The molecular weight excluding hydrogens is 314 g/mol. The molecule has 4 rings (SSSR count). The number of hydrogen-bond donors (Lipinski definition) is 0. The molecule has 1 amide bonds. The van der Waals surface area contributed by atoms with Gasteiger partial charge in [0.2, 0.25) is 5.82 Å². The molecule has 3 aromatic rings. The highest BCUT2D eigenvalue weighted by Gasteiger charge is 2.30. The second kappa shape index (κ2) is 6.12. The highest BCUT2D eigenvalue weighted by atomic mass is 16.2. The monoisotopic (exact) mass is 333 g/mol. The van der Waals surface area contributed by atoms with E-state index in [2.05, 4.69) is 28.4 Å². The van der Waals surface area contributed by atoms with Gasteiger partial charge in [0, 0.05) is 17.3 Å². The van der Waals surface area contributed by atoms with Crippen LogP contribution in [0, 0.1) is 6.92 Å². The molecule has 0 spiro atoms. The summed E-state index contributed by atoms with van der Waals surface area (Å²) in [4.78, 5) is 16.0. The summed E-state index contributed by atoms with van der Waals surface area (Å²) in [7, 11) is 0. The number of anilines is 1. The van der Waals surface area contributed by atoms with Crippen molar-refractivity contribution in [3.63, 3.8) is 0 Å². The fraction of sp³-hybridized carbons (Fsp3) is 0.263. The van der Waals surface area contributed by atoms with Crippen molar-refractivity contribution < 1.29 is 4.79 Å². The van der Waals surface area contributed by atoms with Crippen LogP contribution in [-0.2, 0) is 17.8 Å². The minimum atomic E-state index is -0.0229. The largest absolute Gasteiger partial charge is 0.307 e. The molecule has 0 radical (unpaired) electrons. The molecule has 0 N–H and O–H groups in total. The summed E-state index contributed by atoms with van der Waals surface area (Å²) in [6, 6.07) is 16.1. The lowest BCUT2D eigenvalue weighted by Gasteiger charge is -2.22. The lowest BCUT2D eigenvalue weighted by Crippen LogP contribution is -2.38. The number of tetrazole rings is 1. The van der Waals surface area contributed by atoms with Crippen molar-refractivity contribution in [3.05, 3.63) is 59.7 Å². The number of carbonyl (C=O) groups excluding carboxylic acids is 1. The number of aryl methyl sites for hydroxylation is 1. The van der Waals surface area contributed by atoms with E-state index in [9.17, 15) is 4.79 Å². The highest BCUT2D eigenvalue weighted by Crippen LogP contribution is 2.31. The van der Waals surface area contributed by atoms with Gasteiger partial charge >= 0.3 is 0 Å². The fourth-order valence-corrected chi connectivity index (χ4v) is 3.27. The van der Waals surface area contributed by atoms with Gasteiger partial charge in [0.05, 0.1) is 0 Å². The minimum absolute atomic E-state index is 0.0229. The van der Waals surface area contributed by atoms with E-state index in [0.717, 1.165) is 17.7 Å². The Kier molecular flexibility index (Phi) is 3.80. The maximum atomic E-state index is 12.8. The van der Waals surface area contributed by atoms with Gasteiger partial charge in [-0.25, -0.2) is 0 Å². The van der Waals surface area contributed by atoms with E-state index < -0.39 is 0 Å². The van der Waals surface area contributed by atoms with Crippen LogP contribution in [0.4, 0.5) is 5.69 Å². The first-order valence-electron chi connectivity index (χ1n) is 8.36. The average molecular weight is 333 g/mol. The number of hydrogen-bond acceptors (Lipinski definition) is 4. The van der Waals surface area contributed by atoms with Crippen LogP contribution in [0.25, 0.3) is 11.4 Å². The molecule has 1 unspecified atom stereocenters. The van der Waals surface area contributed by atoms with Crippen LogP contribution in [0.2, 0.25) is 0 Å². The van der Waals surface area contributed by atoms with E-state index in [0.29, 0.717) is 5.82 Å². The average Bonchev–Trinajstić information content (AvgIpc) is 3.18. The molecule has 0 saturated carbocycles. The van der Waals surface area contributed by atoms with Crippen molar-refractivity contribution in [3.8, 4) is 11.4 Å². The van der Waals surface area contributed by atoms with Crippen molar-refractivity contribution in [2.75, 3.05) is 4.90 Å². The van der Waals surface area contributed by atoms with Crippen LogP contribution in [0.3, 0.4) is 0 Å². The van der Waals surface area contributed by atoms with Crippen LogP contribution in [0.1, 0.15) is 18.1 Å². The van der Waals surface area contributed by atoms with Crippen LogP contribution in [0.5, 0.6) is 0 Å². The van der Waals surface area contributed by atoms with Gasteiger partial charge < -0.3 is 4.90 Å². The Morgan fingerprint density at radius 1 is 1.16 bits per heavy atom. The predicted octanol–water partition coefficient (Wildman–Crippen LogP) is 2.63. The lowest BCUT2D eigenvalue weighted by atomic mass is 10.1. The van der Waals surface area contributed by atoms with Crippen LogP contribution >= 0.6 is 0 Å². The fourth-order valence-electron chi connectivity index (χ4n) is 3.27. The third-order valence-corrected chi connectivity index (χ3v) is 4.52. The lowest BCUT2D eigenvalue weighted by molar-refractivity contribution is -0.119. The van der Waals surface area contributed by atoms with Crippen molar-refractivity contribution in [2.45, 2.75) is 32.9 Å². The molecule has 1 aliphatic heterocycles. The molecule has 0 fully saturated rings. The molecule has 0 aliphatic carbocycles. The first-order valence-corrected chi connectivity index (χ1v) is 8.36. The van der Waals surface area contributed by atoms with Crippen molar-refractivity contribution in [2.24, 2.45) is 0 Å². The number of carbonyl (C=O) groups is 1. The van der Waals surface area contributed by atoms with Gasteiger partial charge in [-0.1, -0.05) is 48.0 Å². The summed E-state index contributed by atoms with van der Waals surface area (Å²) in [6.45, 7) is 4.17. The molecule has 2 heterocycles. The number of benzene rings is 2. The summed E-state index contributed by atoms with van der Waals surface area (Å²) in [5.41, 5.74) is 4.26. The van der Waals surface area contributed by atoms with Crippen molar-refractivity contribution in [1.29, 1.82) is 0 Å². The first-order chi connectivity index (χ1) is 12.1. The molecule has 2 aromatic carbocycles. The van der Waals surface area contributed by atoms with E-state index in [1.807, 2.05) is 54.3 Å². The molecule has 1 aliphatic rings. The van der Waals surface area contributed by atoms with Gasteiger partial charge in [0.25, 0.3) is 5.91 Å². The zero-order valence-corrected chi connectivity index (χ0v) is 14.3. The Bertz CT molecular complexity index is 916. The van der Waals surface area contributed by atoms with Crippen LogP contribution in [-0.4, -0.2) is 32.2 Å². The molecule has 1 atom stereocenters. The number of amides is 1. The van der Waals surface area contributed by atoms with Gasteiger partial charge in [-0.3, -0.25) is 4.79 Å². The van der Waals surface area contributed by atoms with Crippen molar-refractivity contribution >= 4 is 11.6 Å². The number of fused-ring (bicyclic) bond motifs is 1. The summed E-state index contributed by atoms with van der Waals surface area (Å²) in [5, 5.41) is 12.5. The normalized spacial score (nSPS) is 16.1. The highest BCUT2D eigenvalue weighted by molar-refractivity contribution is 5.95. The number of aromatic nitrogens is 4. The quantitative estimate of drug-likeness (QED) is 0.739. The van der Waals surface area contributed by atoms with Gasteiger partial charge in [0.15, 0.2) is 0 Å². The molecule has 0 bridgehead atoms. The summed E-state index contributed by atoms with van der Waals surface area (Å²) >= 11 is 0. The summed E-state index contributed by atoms with van der Waals surface area (Å²) in [6.07, 6.45) is 0.876. The van der Waals surface area contributed by atoms with E-state index >= 15 is 0 Å². The Morgan fingerprint density at radius 2 is 1.92 bits per heavy atom. The topological polar surface area (TPSA) is 63.9 Å². The SMILES string of the molecule is Cc1ccc(-c2nnn(CC(=O)N3c4ccccc4CC3C)n2)cc1. The second-order valence-corrected chi connectivity index (χ2v) is 6.46. The van der Waals surface area contributed by atoms with Crippen LogP contribution < -0.4 is 4.90 Å². The minimum Gasteiger partial charge on any atom is -0.307 e. The maximum absolute atomic E-state index is 12.8. The van der Waals surface area contributed by atoms with Crippen molar-refractivity contribution in [1.82, 2.24) is 20.2 Å². The maximum Gasteiger partial charge on any atom is 0.250 e. The molecule has 0 saturated heterocycles. The zero-order valence-electron chi connectivity index (χ0n) is 14.3. The third-order valence-electron chi connectivity index (χ3n) is 4.52. The number of nitrogens with zero attached hydrogens (tertiary/aromatic N) is 5. The standard InChI is InChI=1S/C19H19N5O/c1-13-7-9-15(10-8-13)19-20-22-23(21-19)12-18(25)24-14(2)11-16-5-3-4-6-17(16)24/h3-10,14H,11-12H2,1-2H3. The van der Waals surface area contributed by atoms with Gasteiger partial charge in [0.1, 0.15) is 6.54 Å². The number of rotatable bonds is 3. The Hall–Kier alpha value is -3.02. The Labute approximate surface area is 146 Å². The van der Waals surface area contributed by atoms with E-state index in [1.54, 1.807) is 0 Å². The molecule has 6 nitrogen and oxygen atoms in total. The molecule has 25 heavy (non-hydrogen) atoms. The van der Waals surface area contributed by atoms with E-state index in [1.165, 1.54) is 15.9 Å². The predicted molar refractivity (Wildman–Crippen MR) is 95.1 cm³/mol. The van der Waals surface area contributed by atoms with Crippen LogP contribution in [0.15, 0.2) is 48.5 Å².